The average molecular weight is 312 g/mol. The van der Waals surface area contributed by atoms with E-state index in [4.69, 9.17) is 9.57 Å². The number of carbonyl (C=O) groups is 4. The maximum atomic E-state index is 12.1. The monoisotopic (exact) mass is 312 g/mol. The van der Waals surface area contributed by atoms with Gasteiger partial charge in [-0.1, -0.05) is 13.3 Å². The van der Waals surface area contributed by atoms with Crippen LogP contribution >= 0.6 is 0 Å². The molecule has 8 heteroatoms. The summed E-state index contributed by atoms with van der Waals surface area (Å²) >= 11 is 0. The van der Waals surface area contributed by atoms with Gasteiger partial charge in [-0.05, 0) is 19.3 Å². The summed E-state index contributed by atoms with van der Waals surface area (Å²) in [4.78, 5) is 53.1. The fourth-order valence-electron chi connectivity index (χ4n) is 2.43. The van der Waals surface area contributed by atoms with Crippen LogP contribution in [0.3, 0.4) is 0 Å². The maximum Gasteiger partial charge on any atom is 0.410 e. The molecule has 0 aromatic carbocycles. The van der Waals surface area contributed by atoms with E-state index >= 15 is 0 Å². The highest BCUT2D eigenvalue weighted by Gasteiger charge is 2.40. The van der Waals surface area contributed by atoms with Crippen molar-refractivity contribution in [1.82, 2.24) is 9.96 Å². The molecule has 2 aliphatic heterocycles. The minimum atomic E-state index is -0.810. The van der Waals surface area contributed by atoms with Crippen molar-refractivity contribution in [2.24, 2.45) is 0 Å². The van der Waals surface area contributed by atoms with Gasteiger partial charge in [-0.2, -0.15) is 0 Å². The Bertz CT molecular complexity index is 462. The lowest BCUT2D eigenvalue weighted by atomic mass is 10.2. The zero-order valence-corrected chi connectivity index (χ0v) is 12.6. The van der Waals surface area contributed by atoms with E-state index in [2.05, 4.69) is 0 Å². The second-order valence-electron chi connectivity index (χ2n) is 5.31. The Kier molecular flexibility index (Phi) is 5.35. The number of hydrogen-bond acceptors (Lipinski definition) is 6. The third-order valence-electron chi connectivity index (χ3n) is 3.67. The van der Waals surface area contributed by atoms with Gasteiger partial charge in [-0.15, -0.1) is 5.06 Å². The molecule has 3 amide bonds. The van der Waals surface area contributed by atoms with Gasteiger partial charge in [0, 0.05) is 19.4 Å². The Morgan fingerprint density at radius 1 is 1.23 bits per heavy atom. The molecule has 0 spiro atoms. The first-order chi connectivity index (χ1) is 10.5. The number of amides is 3. The number of hydroxylamine groups is 2. The van der Waals surface area contributed by atoms with Crippen LogP contribution in [0.1, 0.15) is 45.4 Å². The lowest BCUT2D eigenvalue weighted by molar-refractivity contribution is -0.200. The van der Waals surface area contributed by atoms with Crippen LogP contribution in [0.2, 0.25) is 0 Å². The fourth-order valence-corrected chi connectivity index (χ4v) is 2.43. The maximum absolute atomic E-state index is 12.1. The third-order valence-corrected chi connectivity index (χ3v) is 3.67. The highest BCUT2D eigenvalue weighted by molar-refractivity contribution is 6.01. The first-order valence-corrected chi connectivity index (χ1v) is 7.55. The van der Waals surface area contributed by atoms with Crippen molar-refractivity contribution in [3.8, 4) is 0 Å². The molecule has 122 valence electrons. The van der Waals surface area contributed by atoms with Gasteiger partial charge < -0.3 is 9.57 Å². The number of ether oxygens (including phenoxy) is 1. The molecule has 1 atom stereocenters. The van der Waals surface area contributed by atoms with Crippen molar-refractivity contribution in [2.75, 3.05) is 13.2 Å². The van der Waals surface area contributed by atoms with Gasteiger partial charge in [0.05, 0.1) is 6.61 Å². The molecule has 2 rings (SSSR count). The number of unbranched alkanes of at least 4 members (excludes halogenated alkanes) is 1. The molecular formula is C14H20N2O6. The van der Waals surface area contributed by atoms with E-state index < -0.39 is 29.9 Å². The summed E-state index contributed by atoms with van der Waals surface area (Å²) in [6.07, 6.45) is 2.25. The summed E-state index contributed by atoms with van der Waals surface area (Å²) in [6.45, 7) is 2.68. The molecule has 0 radical (unpaired) electrons. The van der Waals surface area contributed by atoms with Crippen molar-refractivity contribution in [2.45, 2.75) is 51.5 Å². The predicted octanol–water partition coefficient (Wildman–Crippen LogP) is 0.995. The second-order valence-corrected chi connectivity index (χ2v) is 5.31. The van der Waals surface area contributed by atoms with Crippen LogP contribution in [-0.4, -0.2) is 53.0 Å². The topological polar surface area (TPSA) is 93.2 Å². The molecule has 2 fully saturated rings. The summed E-state index contributed by atoms with van der Waals surface area (Å²) in [6, 6.07) is -0.810. The van der Waals surface area contributed by atoms with Gasteiger partial charge in [0.2, 0.25) is 0 Å². The van der Waals surface area contributed by atoms with E-state index in [1.165, 1.54) is 4.90 Å². The minimum absolute atomic E-state index is 0.0412. The van der Waals surface area contributed by atoms with Gasteiger partial charge in [0.25, 0.3) is 11.8 Å². The Morgan fingerprint density at radius 2 is 1.91 bits per heavy atom. The molecule has 0 bridgehead atoms. The highest BCUT2D eigenvalue weighted by atomic mass is 16.7. The summed E-state index contributed by atoms with van der Waals surface area (Å²) in [5.41, 5.74) is 0. The van der Waals surface area contributed by atoms with Crippen molar-refractivity contribution < 1.29 is 28.8 Å². The molecule has 22 heavy (non-hydrogen) atoms. The zero-order valence-electron chi connectivity index (χ0n) is 12.6. The summed E-state index contributed by atoms with van der Waals surface area (Å²) in [5.74, 6) is -1.84. The molecule has 0 saturated carbocycles. The van der Waals surface area contributed by atoms with Crippen LogP contribution in [0.25, 0.3) is 0 Å². The largest absolute Gasteiger partial charge is 0.449 e. The summed E-state index contributed by atoms with van der Waals surface area (Å²) in [5, 5.41) is 0.501. The summed E-state index contributed by atoms with van der Waals surface area (Å²) < 4.78 is 5.09. The van der Waals surface area contributed by atoms with Crippen LogP contribution in [0, 0.1) is 0 Å². The smallest absolute Gasteiger partial charge is 0.410 e. The molecule has 2 heterocycles. The molecule has 0 aromatic heterocycles. The zero-order chi connectivity index (χ0) is 16.1. The quantitative estimate of drug-likeness (QED) is 0.555. The SMILES string of the molecule is CCCCOC(=O)N1CCC[C@H]1C(=O)ON1C(=O)CCC1=O. The van der Waals surface area contributed by atoms with E-state index in [1.807, 2.05) is 6.92 Å². The molecule has 0 N–H and O–H groups in total. The Morgan fingerprint density at radius 3 is 2.55 bits per heavy atom. The molecule has 0 aliphatic carbocycles. The molecule has 0 unspecified atom stereocenters. The lowest BCUT2D eigenvalue weighted by Gasteiger charge is -2.23. The van der Waals surface area contributed by atoms with Crippen LogP contribution in [0.4, 0.5) is 4.79 Å². The number of nitrogens with zero attached hydrogens (tertiary/aromatic N) is 2. The van der Waals surface area contributed by atoms with Gasteiger partial charge in [-0.3, -0.25) is 14.5 Å². The van der Waals surface area contributed by atoms with E-state index in [1.54, 1.807) is 0 Å². The standard InChI is InChI=1S/C14H20N2O6/c1-2-3-9-21-14(20)15-8-4-5-10(15)13(19)22-16-11(17)6-7-12(16)18/h10H,2-9H2,1H3/t10-/m0/s1. The van der Waals surface area contributed by atoms with Gasteiger partial charge in [-0.25, -0.2) is 9.59 Å². The molecule has 2 aliphatic rings. The Hall–Kier alpha value is -2.12. The molecule has 0 aromatic rings. The van der Waals surface area contributed by atoms with E-state index in [0.717, 1.165) is 12.8 Å². The Balaban J connectivity index is 1.92. The van der Waals surface area contributed by atoms with E-state index in [0.29, 0.717) is 31.1 Å². The fraction of sp³-hybridized carbons (Fsp3) is 0.714. The number of likely N-dealkylation sites (tertiary alicyclic amines) is 1. The summed E-state index contributed by atoms with van der Waals surface area (Å²) in [7, 11) is 0. The van der Waals surface area contributed by atoms with Crippen LogP contribution in [0.15, 0.2) is 0 Å². The predicted molar refractivity (Wildman–Crippen MR) is 73.2 cm³/mol. The number of hydrogen-bond donors (Lipinski definition) is 0. The van der Waals surface area contributed by atoms with Crippen LogP contribution in [0.5, 0.6) is 0 Å². The van der Waals surface area contributed by atoms with Gasteiger partial charge >= 0.3 is 12.1 Å². The normalized spacial score (nSPS) is 21.4. The molecular weight excluding hydrogens is 292 g/mol. The van der Waals surface area contributed by atoms with Crippen molar-refractivity contribution in [1.29, 1.82) is 0 Å². The van der Waals surface area contributed by atoms with Crippen molar-refractivity contribution in [3.05, 3.63) is 0 Å². The van der Waals surface area contributed by atoms with Gasteiger partial charge in [0.1, 0.15) is 6.04 Å². The first kappa shape index (κ1) is 16.3. The van der Waals surface area contributed by atoms with Crippen LogP contribution in [-0.2, 0) is 24.0 Å². The number of imide groups is 1. The molecule has 2 saturated heterocycles. The first-order valence-electron chi connectivity index (χ1n) is 7.55. The average Bonchev–Trinajstić information content (AvgIpc) is 3.09. The number of rotatable bonds is 5. The molecule has 8 nitrogen and oxygen atoms in total. The number of carbonyl (C=O) groups excluding carboxylic acids is 4. The highest BCUT2D eigenvalue weighted by Crippen LogP contribution is 2.21. The lowest BCUT2D eigenvalue weighted by Crippen LogP contribution is -2.45. The van der Waals surface area contributed by atoms with Crippen LogP contribution < -0.4 is 0 Å². The van der Waals surface area contributed by atoms with E-state index in [9.17, 15) is 19.2 Å². The van der Waals surface area contributed by atoms with Crippen molar-refractivity contribution in [3.63, 3.8) is 0 Å². The van der Waals surface area contributed by atoms with E-state index in [-0.39, 0.29) is 12.8 Å². The third kappa shape index (κ3) is 3.55. The Labute approximate surface area is 128 Å². The van der Waals surface area contributed by atoms with Crippen molar-refractivity contribution >= 4 is 23.9 Å². The van der Waals surface area contributed by atoms with Gasteiger partial charge in [0.15, 0.2) is 0 Å². The second kappa shape index (κ2) is 7.24. The minimum Gasteiger partial charge on any atom is -0.449 e.